The molecule has 0 aliphatic carbocycles. The first-order valence-corrected chi connectivity index (χ1v) is 6.22. The van der Waals surface area contributed by atoms with Crippen LogP contribution >= 0.6 is 11.6 Å². The molecule has 0 aliphatic rings. The lowest BCUT2D eigenvalue weighted by molar-refractivity contribution is -0.113. The number of carbonyl (C=O) groups is 1. The zero-order valence-corrected chi connectivity index (χ0v) is 10.9. The molecule has 88 valence electrons. The lowest BCUT2D eigenvalue weighted by Crippen LogP contribution is -2.13. The molecule has 1 aromatic rings. The van der Waals surface area contributed by atoms with Crippen molar-refractivity contribution < 1.29 is 4.79 Å². The maximum absolute atomic E-state index is 11.4. The summed E-state index contributed by atoms with van der Waals surface area (Å²) in [5, 5.41) is -0.261. The largest absolute Gasteiger partial charge is 0.281 e. The molecule has 16 heavy (non-hydrogen) atoms. The minimum Gasteiger partial charge on any atom is -0.281 e. The first-order chi connectivity index (χ1) is 7.56. The molecular weight excluding hydrogens is 220 g/mol. The summed E-state index contributed by atoms with van der Waals surface area (Å²) < 4.78 is 0. The Bertz CT molecular complexity index is 358. The van der Waals surface area contributed by atoms with Crippen molar-refractivity contribution in [2.45, 2.75) is 39.5 Å². The lowest BCUT2D eigenvalue weighted by Gasteiger charge is -2.17. The van der Waals surface area contributed by atoms with E-state index in [1.807, 2.05) is 26.0 Å². The van der Waals surface area contributed by atoms with E-state index in [1.165, 1.54) is 5.56 Å². The van der Waals surface area contributed by atoms with Gasteiger partial charge in [-0.15, -0.1) is 0 Å². The predicted molar refractivity (Wildman–Crippen MR) is 68.9 cm³/mol. The lowest BCUT2D eigenvalue weighted by atomic mass is 9.88. The van der Waals surface area contributed by atoms with Crippen LogP contribution in [0.2, 0.25) is 0 Å². The maximum Gasteiger partial charge on any atom is 0.229 e. The average Bonchev–Trinajstić information content (AvgIpc) is 2.17. The van der Waals surface area contributed by atoms with Crippen molar-refractivity contribution in [3.8, 4) is 0 Å². The Labute approximate surface area is 103 Å². The fraction of sp³-hybridized carbons (Fsp3) is 0.500. The number of hydrogen-bond donors (Lipinski definition) is 0. The molecule has 0 bridgehead atoms. The number of halogens is 1. The SMILES string of the molecule is CCCc1cccc(C(C(=O)Cl)C(C)C)c1. The van der Waals surface area contributed by atoms with Crippen LogP contribution in [0.5, 0.6) is 0 Å². The second-order valence-corrected chi connectivity index (χ2v) is 4.89. The molecule has 1 rings (SSSR count). The highest BCUT2D eigenvalue weighted by Crippen LogP contribution is 2.27. The van der Waals surface area contributed by atoms with Crippen LogP contribution < -0.4 is 0 Å². The Morgan fingerprint density at radius 1 is 1.38 bits per heavy atom. The topological polar surface area (TPSA) is 17.1 Å². The van der Waals surface area contributed by atoms with Gasteiger partial charge in [-0.2, -0.15) is 0 Å². The van der Waals surface area contributed by atoms with Crippen LogP contribution in [0.25, 0.3) is 0 Å². The van der Waals surface area contributed by atoms with E-state index in [4.69, 9.17) is 11.6 Å². The van der Waals surface area contributed by atoms with Gasteiger partial charge in [-0.25, -0.2) is 0 Å². The Hall–Kier alpha value is -0.820. The van der Waals surface area contributed by atoms with Crippen molar-refractivity contribution in [1.82, 2.24) is 0 Å². The van der Waals surface area contributed by atoms with E-state index >= 15 is 0 Å². The average molecular weight is 239 g/mol. The van der Waals surface area contributed by atoms with Gasteiger partial charge in [0.2, 0.25) is 5.24 Å². The van der Waals surface area contributed by atoms with Crippen LogP contribution in [0.1, 0.15) is 44.2 Å². The minimum absolute atomic E-state index is 0.182. The van der Waals surface area contributed by atoms with Gasteiger partial charge in [-0.3, -0.25) is 4.79 Å². The van der Waals surface area contributed by atoms with E-state index in [1.54, 1.807) is 0 Å². The summed E-state index contributed by atoms with van der Waals surface area (Å²) in [5.74, 6) is 0.0559. The molecule has 0 spiro atoms. The zero-order valence-electron chi connectivity index (χ0n) is 10.2. The zero-order chi connectivity index (χ0) is 12.1. The molecule has 2 heteroatoms. The normalized spacial score (nSPS) is 12.8. The smallest absolute Gasteiger partial charge is 0.229 e. The van der Waals surface area contributed by atoms with Gasteiger partial charge in [0.25, 0.3) is 0 Å². The van der Waals surface area contributed by atoms with Crippen LogP contribution in [0.4, 0.5) is 0 Å². The highest BCUT2D eigenvalue weighted by Gasteiger charge is 2.22. The molecule has 0 fully saturated rings. The molecule has 0 N–H and O–H groups in total. The molecule has 1 atom stereocenters. The molecule has 0 aliphatic heterocycles. The van der Waals surface area contributed by atoms with Crippen molar-refractivity contribution >= 4 is 16.8 Å². The number of hydrogen-bond acceptors (Lipinski definition) is 1. The molecular formula is C14H19ClO. The van der Waals surface area contributed by atoms with Crippen molar-refractivity contribution in [1.29, 1.82) is 0 Å². The Balaban J connectivity index is 3.00. The van der Waals surface area contributed by atoms with Gasteiger partial charge in [0.15, 0.2) is 0 Å². The van der Waals surface area contributed by atoms with E-state index in [0.717, 1.165) is 18.4 Å². The molecule has 1 nitrogen and oxygen atoms in total. The molecule has 0 heterocycles. The summed E-state index contributed by atoms with van der Waals surface area (Å²) in [6.45, 7) is 6.20. The van der Waals surface area contributed by atoms with Gasteiger partial charge in [0.1, 0.15) is 0 Å². The minimum atomic E-state index is -0.261. The van der Waals surface area contributed by atoms with Gasteiger partial charge in [-0.1, -0.05) is 51.5 Å². The first-order valence-electron chi connectivity index (χ1n) is 5.84. The van der Waals surface area contributed by atoms with Crippen molar-refractivity contribution in [3.05, 3.63) is 35.4 Å². The molecule has 1 aromatic carbocycles. The third-order valence-electron chi connectivity index (χ3n) is 2.76. The van der Waals surface area contributed by atoms with Gasteiger partial charge in [-0.05, 0) is 35.1 Å². The first kappa shape index (κ1) is 13.2. The molecule has 1 unspecified atom stereocenters. The number of carbonyl (C=O) groups excluding carboxylic acids is 1. The summed E-state index contributed by atoms with van der Waals surface area (Å²) in [7, 11) is 0. The Morgan fingerprint density at radius 3 is 2.56 bits per heavy atom. The quantitative estimate of drug-likeness (QED) is 0.705. The van der Waals surface area contributed by atoms with Crippen molar-refractivity contribution in [2.75, 3.05) is 0 Å². The number of benzene rings is 1. The Kier molecular flexibility index (Phi) is 5.01. The number of rotatable bonds is 5. The van der Waals surface area contributed by atoms with Gasteiger partial charge in [0, 0.05) is 0 Å². The van der Waals surface area contributed by atoms with E-state index in [-0.39, 0.29) is 17.1 Å². The summed E-state index contributed by atoms with van der Waals surface area (Å²) in [4.78, 5) is 11.4. The maximum atomic E-state index is 11.4. The second kappa shape index (κ2) is 6.05. The predicted octanol–water partition coefficient (Wildman–Crippen LogP) is 4.14. The monoisotopic (exact) mass is 238 g/mol. The van der Waals surface area contributed by atoms with Crippen LogP contribution in [-0.2, 0) is 11.2 Å². The molecule has 0 saturated carbocycles. The summed E-state index contributed by atoms with van der Waals surface area (Å²) in [5.41, 5.74) is 2.32. The van der Waals surface area contributed by atoms with Crippen LogP contribution in [0.3, 0.4) is 0 Å². The van der Waals surface area contributed by atoms with Crippen molar-refractivity contribution in [3.63, 3.8) is 0 Å². The van der Waals surface area contributed by atoms with E-state index in [2.05, 4.69) is 19.1 Å². The third-order valence-corrected chi connectivity index (χ3v) is 3.00. The second-order valence-electron chi connectivity index (χ2n) is 4.52. The van der Waals surface area contributed by atoms with E-state index < -0.39 is 0 Å². The standard InChI is InChI=1S/C14H19ClO/c1-4-6-11-7-5-8-12(9-11)13(10(2)3)14(15)16/h5,7-10,13H,4,6H2,1-3H3. The van der Waals surface area contributed by atoms with Crippen LogP contribution in [-0.4, -0.2) is 5.24 Å². The number of aryl methyl sites for hydroxylation is 1. The molecule has 0 saturated heterocycles. The third kappa shape index (κ3) is 3.34. The van der Waals surface area contributed by atoms with E-state index in [0.29, 0.717) is 0 Å². The summed E-state index contributed by atoms with van der Waals surface area (Å²) >= 11 is 5.66. The highest BCUT2D eigenvalue weighted by atomic mass is 35.5. The van der Waals surface area contributed by atoms with Crippen LogP contribution in [0, 0.1) is 5.92 Å². The highest BCUT2D eigenvalue weighted by molar-refractivity contribution is 6.64. The molecule has 0 amide bonds. The summed E-state index contributed by atoms with van der Waals surface area (Å²) in [6, 6.07) is 8.21. The van der Waals surface area contributed by atoms with Gasteiger partial charge < -0.3 is 0 Å². The summed E-state index contributed by atoms with van der Waals surface area (Å²) in [6.07, 6.45) is 2.17. The fourth-order valence-electron chi connectivity index (χ4n) is 2.01. The Morgan fingerprint density at radius 2 is 2.06 bits per heavy atom. The van der Waals surface area contributed by atoms with Crippen molar-refractivity contribution in [2.24, 2.45) is 5.92 Å². The van der Waals surface area contributed by atoms with Gasteiger partial charge >= 0.3 is 0 Å². The fourth-order valence-corrected chi connectivity index (χ4v) is 2.39. The van der Waals surface area contributed by atoms with Crippen LogP contribution in [0.15, 0.2) is 24.3 Å². The molecule has 0 radical (unpaired) electrons. The van der Waals surface area contributed by atoms with E-state index in [9.17, 15) is 4.79 Å². The van der Waals surface area contributed by atoms with Gasteiger partial charge in [0.05, 0.1) is 5.92 Å². The molecule has 0 aromatic heterocycles.